The van der Waals surface area contributed by atoms with Gasteiger partial charge in [0.15, 0.2) is 0 Å². The second kappa shape index (κ2) is 11.1. The molecule has 1 aliphatic heterocycles. The predicted molar refractivity (Wildman–Crippen MR) is 134 cm³/mol. The Kier molecular flexibility index (Phi) is 7.55. The summed E-state index contributed by atoms with van der Waals surface area (Å²) in [5, 5.41) is 8.76. The van der Waals surface area contributed by atoms with Crippen LogP contribution < -0.4 is 16.0 Å². The Balaban J connectivity index is 1.31. The first-order valence-electron chi connectivity index (χ1n) is 11.5. The molecule has 1 saturated heterocycles. The summed E-state index contributed by atoms with van der Waals surface area (Å²) in [6, 6.07) is 23.2. The number of nitrogens with one attached hydrogen (secondary N) is 3. The van der Waals surface area contributed by atoms with Gasteiger partial charge in [0.05, 0.1) is 6.54 Å². The van der Waals surface area contributed by atoms with Crippen molar-refractivity contribution in [2.75, 3.05) is 35.6 Å². The summed E-state index contributed by atoms with van der Waals surface area (Å²) < 4.78 is 0. The molecule has 1 fully saturated rings. The number of nitrogens with zero attached hydrogens (tertiary/aromatic N) is 1. The maximum absolute atomic E-state index is 12.7. The van der Waals surface area contributed by atoms with Crippen molar-refractivity contribution >= 4 is 34.8 Å². The van der Waals surface area contributed by atoms with Gasteiger partial charge in [0, 0.05) is 41.3 Å². The Morgan fingerprint density at radius 3 is 2.09 bits per heavy atom. The van der Waals surface area contributed by atoms with Crippen LogP contribution in [0.2, 0.25) is 0 Å². The fourth-order valence-corrected chi connectivity index (χ4v) is 3.90. The first-order valence-corrected chi connectivity index (χ1v) is 11.5. The van der Waals surface area contributed by atoms with E-state index in [1.165, 1.54) is 0 Å². The van der Waals surface area contributed by atoms with Gasteiger partial charge >= 0.3 is 0 Å². The molecule has 0 spiro atoms. The first kappa shape index (κ1) is 23.0. The van der Waals surface area contributed by atoms with Crippen LogP contribution >= 0.6 is 0 Å². The van der Waals surface area contributed by atoms with E-state index in [9.17, 15) is 14.4 Å². The van der Waals surface area contributed by atoms with Gasteiger partial charge in [0.2, 0.25) is 5.91 Å². The molecular formula is C27H28N4O3. The molecule has 4 rings (SSSR count). The monoisotopic (exact) mass is 456 g/mol. The molecule has 0 radical (unpaired) electrons. The summed E-state index contributed by atoms with van der Waals surface area (Å²) in [7, 11) is 0. The van der Waals surface area contributed by atoms with E-state index in [2.05, 4.69) is 16.0 Å². The van der Waals surface area contributed by atoms with Crippen molar-refractivity contribution in [3.05, 3.63) is 90.0 Å². The van der Waals surface area contributed by atoms with Crippen LogP contribution in [-0.2, 0) is 4.79 Å². The number of carbonyl (C=O) groups is 3. The highest BCUT2D eigenvalue weighted by molar-refractivity contribution is 6.04. The third-order valence-corrected chi connectivity index (χ3v) is 5.65. The Labute approximate surface area is 199 Å². The standard InChI is InChI=1S/C27H28N4O3/c32-25(29-23-13-7-11-21(17-23)27(34)31-15-5-2-6-16-31)19-28-22-12-8-14-24(18-22)30-26(33)20-9-3-1-4-10-20/h1,3-4,7-14,17-18,28H,2,5-6,15-16,19H2,(H,29,32)(H,30,33). The van der Waals surface area contributed by atoms with E-state index in [0.29, 0.717) is 28.2 Å². The Hall–Kier alpha value is -4.13. The summed E-state index contributed by atoms with van der Waals surface area (Å²) in [4.78, 5) is 39.4. The van der Waals surface area contributed by atoms with Gasteiger partial charge < -0.3 is 20.9 Å². The van der Waals surface area contributed by atoms with Gasteiger partial charge in [-0.3, -0.25) is 14.4 Å². The second-order valence-corrected chi connectivity index (χ2v) is 8.24. The van der Waals surface area contributed by atoms with Crippen molar-refractivity contribution in [1.82, 2.24) is 4.90 Å². The van der Waals surface area contributed by atoms with E-state index in [0.717, 1.165) is 32.4 Å². The molecule has 0 unspecified atom stereocenters. The average Bonchev–Trinajstić information content (AvgIpc) is 2.88. The van der Waals surface area contributed by atoms with Crippen LogP contribution in [0.15, 0.2) is 78.9 Å². The Morgan fingerprint density at radius 2 is 1.32 bits per heavy atom. The molecule has 3 N–H and O–H groups in total. The summed E-state index contributed by atoms with van der Waals surface area (Å²) in [5.74, 6) is -0.431. The molecule has 0 saturated carbocycles. The summed E-state index contributed by atoms with van der Waals surface area (Å²) >= 11 is 0. The quantitative estimate of drug-likeness (QED) is 0.484. The van der Waals surface area contributed by atoms with Crippen molar-refractivity contribution in [3.8, 4) is 0 Å². The van der Waals surface area contributed by atoms with E-state index in [1.54, 1.807) is 54.6 Å². The molecule has 0 bridgehead atoms. The third-order valence-electron chi connectivity index (χ3n) is 5.65. The molecule has 0 atom stereocenters. The van der Waals surface area contributed by atoms with Crippen LogP contribution in [0.1, 0.15) is 40.0 Å². The SMILES string of the molecule is O=C(CNc1cccc(NC(=O)c2ccccc2)c1)Nc1cccc(C(=O)N2CCCCC2)c1. The van der Waals surface area contributed by atoms with Crippen LogP contribution in [0.25, 0.3) is 0 Å². The molecule has 3 aromatic rings. The van der Waals surface area contributed by atoms with Crippen molar-refractivity contribution in [2.45, 2.75) is 19.3 Å². The van der Waals surface area contributed by atoms with Gasteiger partial charge in [-0.05, 0) is 67.8 Å². The van der Waals surface area contributed by atoms with Crippen molar-refractivity contribution < 1.29 is 14.4 Å². The van der Waals surface area contributed by atoms with Gasteiger partial charge in [-0.2, -0.15) is 0 Å². The average molecular weight is 457 g/mol. The fourth-order valence-electron chi connectivity index (χ4n) is 3.90. The van der Waals surface area contributed by atoms with Gasteiger partial charge in [-0.1, -0.05) is 30.3 Å². The lowest BCUT2D eigenvalue weighted by Crippen LogP contribution is -2.35. The second-order valence-electron chi connectivity index (χ2n) is 8.24. The van der Waals surface area contributed by atoms with E-state index in [4.69, 9.17) is 0 Å². The highest BCUT2D eigenvalue weighted by atomic mass is 16.2. The summed E-state index contributed by atoms with van der Waals surface area (Å²) in [6.45, 7) is 1.61. The molecule has 0 aromatic heterocycles. The van der Waals surface area contributed by atoms with Crippen LogP contribution in [0.4, 0.5) is 17.1 Å². The largest absolute Gasteiger partial charge is 0.376 e. The van der Waals surface area contributed by atoms with Crippen LogP contribution in [0.5, 0.6) is 0 Å². The molecule has 1 heterocycles. The molecule has 0 aliphatic carbocycles. The molecule has 7 heteroatoms. The van der Waals surface area contributed by atoms with Gasteiger partial charge in [-0.15, -0.1) is 0 Å². The zero-order valence-electron chi connectivity index (χ0n) is 18.9. The topological polar surface area (TPSA) is 90.5 Å². The van der Waals surface area contributed by atoms with E-state index in [1.807, 2.05) is 29.2 Å². The number of likely N-dealkylation sites (tertiary alicyclic amines) is 1. The minimum Gasteiger partial charge on any atom is -0.376 e. The van der Waals surface area contributed by atoms with Crippen molar-refractivity contribution in [2.24, 2.45) is 0 Å². The number of carbonyl (C=O) groups excluding carboxylic acids is 3. The molecule has 34 heavy (non-hydrogen) atoms. The highest BCUT2D eigenvalue weighted by Crippen LogP contribution is 2.18. The van der Waals surface area contributed by atoms with Gasteiger partial charge in [0.1, 0.15) is 0 Å². The number of hydrogen-bond acceptors (Lipinski definition) is 4. The van der Waals surface area contributed by atoms with Crippen molar-refractivity contribution in [3.63, 3.8) is 0 Å². The fraction of sp³-hybridized carbons (Fsp3) is 0.222. The maximum atomic E-state index is 12.7. The van der Waals surface area contributed by atoms with E-state index >= 15 is 0 Å². The lowest BCUT2D eigenvalue weighted by molar-refractivity contribution is -0.114. The molecule has 3 amide bonds. The number of amides is 3. The summed E-state index contributed by atoms with van der Waals surface area (Å²) in [5.41, 5.74) is 3.06. The van der Waals surface area contributed by atoms with Gasteiger partial charge in [0.25, 0.3) is 11.8 Å². The molecular weight excluding hydrogens is 428 g/mol. The van der Waals surface area contributed by atoms with E-state index in [-0.39, 0.29) is 24.3 Å². The Morgan fingerprint density at radius 1 is 0.676 bits per heavy atom. The molecule has 174 valence electrons. The third kappa shape index (κ3) is 6.22. The normalized spacial score (nSPS) is 13.1. The van der Waals surface area contributed by atoms with Crippen molar-refractivity contribution in [1.29, 1.82) is 0 Å². The molecule has 3 aromatic carbocycles. The Bertz CT molecular complexity index is 1160. The number of benzene rings is 3. The maximum Gasteiger partial charge on any atom is 0.255 e. The minimum atomic E-state index is -0.235. The highest BCUT2D eigenvalue weighted by Gasteiger charge is 2.18. The van der Waals surface area contributed by atoms with Crippen LogP contribution in [-0.4, -0.2) is 42.3 Å². The molecule has 7 nitrogen and oxygen atoms in total. The van der Waals surface area contributed by atoms with Crippen LogP contribution in [0.3, 0.4) is 0 Å². The number of piperidine rings is 1. The van der Waals surface area contributed by atoms with Crippen LogP contribution in [0, 0.1) is 0 Å². The van der Waals surface area contributed by atoms with E-state index < -0.39 is 0 Å². The zero-order valence-corrected chi connectivity index (χ0v) is 18.9. The number of hydrogen-bond donors (Lipinski definition) is 3. The number of rotatable bonds is 7. The van der Waals surface area contributed by atoms with Gasteiger partial charge in [-0.25, -0.2) is 0 Å². The first-order chi connectivity index (χ1) is 16.6. The summed E-state index contributed by atoms with van der Waals surface area (Å²) in [6.07, 6.45) is 3.23. The lowest BCUT2D eigenvalue weighted by Gasteiger charge is -2.26. The number of anilines is 3. The zero-order chi connectivity index (χ0) is 23.8. The lowest BCUT2D eigenvalue weighted by atomic mass is 10.1. The minimum absolute atomic E-state index is 0.00305. The predicted octanol–water partition coefficient (Wildman–Crippen LogP) is 4.62. The smallest absolute Gasteiger partial charge is 0.255 e. The molecule has 1 aliphatic rings.